The highest BCUT2D eigenvalue weighted by molar-refractivity contribution is 5.88. The molecular weight excluding hydrogens is 1240 g/mol. The van der Waals surface area contributed by atoms with Crippen LogP contribution in [-0.2, 0) is 67.9 Å². The fraction of sp³-hybridized carbons (Fsp3) is 0.317. The maximum atomic E-state index is 12.0. The molecule has 0 saturated heterocycles. The monoisotopic (exact) mass is 1340 g/mol. The van der Waals surface area contributed by atoms with E-state index in [1.54, 1.807) is 52.0 Å². The summed E-state index contributed by atoms with van der Waals surface area (Å²) in [5, 5.41) is 0. The largest absolute Gasteiger partial charge is 0.490 e. The van der Waals surface area contributed by atoms with Crippen LogP contribution in [0.1, 0.15) is 77.6 Å². The van der Waals surface area contributed by atoms with E-state index in [0.29, 0.717) is 71.7 Å². The van der Waals surface area contributed by atoms with Gasteiger partial charge in [0.25, 0.3) is 0 Å². The Hall–Kier alpha value is -9.84. The summed E-state index contributed by atoms with van der Waals surface area (Å²) in [6.45, 7) is 46.9. The number of ether oxygens (including phenoxy) is 12. The lowest BCUT2D eigenvalue weighted by Crippen LogP contribution is -2.30. The Morgan fingerprint density at radius 3 is 0.765 bits per heavy atom. The summed E-state index contributed by atoms with van der Waals surface area (Å²) < 4.78 is 66.7. The van der Waals surface area contributed by atoms with Gasteiger partial charge in [-0.05, 0) is 110 Å². The first kappa shape index (κ1) is 80.6. The number of hydrogen-bond donors (Lipinski definition) is 0. The van der Waals surface area contributed by atoms with Crippen LogP contribution in [0.5, 0.6) is 23.0 Å². The molecule has 0 fully saturated rings. The Labute approximate surface area is 580 Å². The number of carbonyl (C=O) groups excluding carboxylic acids is 4. The van der Waals surface area contributed by atoms with E-state index in [1.165, 1.54) is 11.1 Å². The third-order valence-electron chi connectivity index (χ3n) is 14.6. The van der Waals surface area contributed by atoms with Crippen molar-refractivity contribution in [3.05, 3.63) is 279 Å². The second-order valence-electron chi connectivity index (χ2n) is 23.9. The molecule has 0 heterocycles. The molecule has 0 bridgehead atoms. The Kier molecular flexibility index (Phi) is 35.7. The quantitative estimate of drug-likeness (QED) is 0.0116. The molecule has 98 heavy (non-hydrogen) atoms. The minimum atomic E-state index is -0.589. The van der Waals surface area contributed by atoms with Gasteiger partial charge in [0.15, 0.2) is 24.4 Å². The van der Waals surface area contributed by atoms with Crippen LogP contribution in [0.4, 0.5) is 0 Å². The van der Waals surface area contributed by atoms with Gasteiger partial charge in [-0.15, -0.1) is 26.3 Å². The van der Waals surface area contributed by atoms with Gasteiger partial charge in [-0.2, -0.15) is 0 Å². The molecule has 0 amide bonds. The van der Waals surface area contributed by atoms with Crippen molar-refractivity contribution < 1.29 is 76.0 Å². The third kappa shape index (κ3) is 29.2. The summed E-state index contributed by atoms with van der Waals surface area (Å²) >= 11 is 0. The van der Waals surface area contributed by atoms with Crippen LogP contribution in [0.2, 0.25) is 0 Å². The van der Waals surface area contributed by atoms with E-state index < -0.39 is 48.3 Å². The third-order valence-corrected chi connectivity index (χ3v) is 14.6. The number of hydrogen-bond acceptors (Lipinski definition) is 16. The van der Waals surface area contributed by atoms with E-state index >= 15 is 0 Å². The van der Waals surface area contributed by atoms with E-state index in [0.717, 1.165) is 22.3 Å². The fourth-order valence-corrected chi connectivity index (χ4v) is 8.83. The van der Waals surface area contributed by atoms with Crippen molar-refractivity contribution in [2.75, 3.05) is 79.3 Å². The molecule has 0 N–H and O–H groups in total. The Morgan fingerprint density at radius 2 is 0.531 bits per heavy atom. The topological polar surface area (TPSA) is 179 Å². The smallest absolute Gasteiger partial charge is 0.333 e. The van der Waals surface area contributed by atoms with E-state index in [4.69, 9.17) is 56.8 Å². The maximum Gasteiger partial charge on any atom is 0.333 e. The van der Waals surface area contributed by atoms with Crippen molar-refractivity contribution in [3.63, 3.8) is 0 Å². The molecule has 0 saturated carbocycles. The second kappa shape index (κ2) is 43.4. The standard InChI is InChI=1S/C35H44O8.C25H30O4.C22H24O4/c1-9-19-38-21-31(42-33(36)25(3)4)23-40-29-15-11-27(12-16-29)35(7,8)28-13-17-30(18-14-28)41-24-32(22-39-20-10-2)43-34(37)26(5)6;1-6-16-27-17-23(29-24(26)19(2)3)18-28-22-14-12-21(13-15-22)25(4,5)20-10-8-7-9-11-20;1-4-14-24-15-21(26-22(23)17(2)3)16-25-20-12-10-19(11-13-20)18-8-6-5-7-9-18/h9-18,31-32H,1-3,5,19-24H2,4,6-8H3;6-15,23H,1-2,16-18H2,3-5H3;4-13,21H,1-2,14-16H2,3H3. The molecule has 4 atom stereocenters. The molecule has 0 aliphatic rings. The molecule has 0 spiro atoms. The minimum absolute atomic E-state index is 0.113. The highest BCUT2D eigenvalue weighted by Crippen LogP contribution is 2.35. The van der Waals surface area contributed by atoms with Crippen LogP contribution >= 0.6 is 0 Å². The van der Waals surface area contributed by atoms with E-state index in [-0.39, 0.29) is 63.7 Å². The van der Waals surface area contributed by atoms with Crippen LogP contribution in [0, 0.1) is 0 Å². The van der Waals surface area contributed by atoms with Crippen LogP contribution in [0.15, 0.2) is 257 Å². The zero-order chi connectivity index (χ0) is 71.9. The highest BCUT2D eigenvalue weighted by atomic mass is 16.6. The number of rotatable bonds is 41. The summed E-state index contributed by atoms with van der Waals surface area (Å²) in [5.74, 6) is 0.786. The van der Waals surface area contributed by atoms with Crippen LogP contribution in [-0.4, -0.2) is 128 Å². The van der Waals surface area contributed by atoms with Gasteiger partial charge in [0.1, 0.15) is 49.4 Å². The first-order valence-electron chi connectivity index (χ1n) is 32.2. The van der Waals surface area contributed by atoms with Gasteiger partial charge in [-0.3, -0.25) is 0 Å². The molecule has 6 aromatic rings. The van der Waals surface area contributed by atoms with Crippen molar-refractivity contribution in [2.24, 2.45) is 0 Å². The van der Waals surface area contributed by atoms with Gasteiger partial charge in [0.05, 0.1) is 52.9 Å². The average molecular weight is 1340 g/mol. The SMILES string of the molecule is C=CCOCC(COc1ccc(-c2ccccc2)cc1)OC(=O)C(=C)C.C=CCOCC(COc1ccc(C(C)(C)c2ccc(OCC(COCC=C)OC(=O)C(=C)C)cc2)cc1)OC(=O)C(=C)C.C=CCOCC(COc1ccc(C(C)(C)c2ccccc2)cc1)OC(=O)C(=C)C. The lowest BCUT2D eigenvalue weighted by atomic mass is 9.78. The lowest BCUT2D eigenvalue weighted by molar-refractivity contribution is -0.149. The number of esters is 4. The molecule has 0 aliphatic heterocycles. The molecule has 522 valence electrons. The summed E-state index contributed by atoms with van der Waals surface area (Å²) in [6.07, 6.45) is 4.31. The molecule has 4 unspecified atom stereocenters. The molecule has 0 radical (unpaired) electrons. The minimum Gasteiger partial charge on any atom is -0.490 e. The first-order chi connectivity index (χ1) is 46.9. The summed E-state index contributed by atoms with van der Waals surface area (Å²) in [6, 6.07) is 51.8. The lowest BCUT2D eigenvalue weighted by Gasteiger charge is -2.27. The number of carbonyl (C=O) groups is 4. The zero-order valence-electron chi connectivity index (χ0n) is 58.3. The zero-order valence-corrected chi connectivity index (χ0v) is 58.3. The van der Waals surface area contributed by atoms with Gasteiger partial charge in [0.2, 0.25) is 0 Å². The Bertz CT molecular complexity index is 3380. The Morgan fingerprint density at radius 1 is 0.316 bits per heavy atom. The normalized spacial score (nSPS) is 12.0. The van der Waals surface area contributed by atoms with Crippen molar-refractivity contribution >= 4 is 23.9 Å². The van der Waals surface area contributed by atoms with Gasteiger partial charge in [-0.1, -0.05) is 188 Å². The molecular formula is C82H98O16. The molecule has 16 nitrogen and oxygen atoms in total. The van der Waals surface area contributed by atoms with E-state index in [1.807, 2.05) is 109 Å². The van der Waals surface area contributed by atoms with Crippen molar-refractivity contribution in [2.45, 2.75) is 90.6 Å². The van der Waals surface area contributed by atoms with Crippen molar-refractivity contribution in [3.8, 4) is 34.1 Å². The summed E-state index contributed by atoms with van der Waals surface area (Å²) in [4.78, 5) is 47.6. The molecule has 6 aromatic carbocycles. The van der Waals surface area contributed by atoms with Crippen LogP contribution in [0.3, 0.4) is 0 Å². The average Bonchev–Trinajstić information content (AvgIpc) is 0.816. The summed E-state index contributed by atoms with van der Waals surface area (Å²) in [7, 11) is 0. The predicted molar refractivity (Wildman–Crippen MR) is 387 cm³/mol. The number of benzene rings is 6. The van der Waals surface area contributed by atoms with Crippen molar-refractivity contribution in [1.29, 1.82) is 0 Å². The van der Waals surface area contributed by atoms with Gasteiger partial charge >= 0.3 is 23.9 Å². The van der Waals surface area contributed by atoms with E-state index in [2.05, 4.69) is 129 Å². The van der Waals surface area contributed by atoms with Crippen molar-refractivity contribution in [1.82, 2.24) is 0 Å². The van der Waals surface area contributed by atoms with Crippen LogP contribution < -0.4 is 18.9 Å². The molecule has 0 aromatic heterocycles. The van der Waals surface area contributed by atoms with Gasteiger partial charge in [-0.25, -0.2) is 19.2 Å². The second-order valence-corrected chi connectivity index (χ2v) is 23.9. The van der Waals surface area contributed by atoms with E-state index in [9.17, 15) is 19.2 Å². The van der Waals surface area contributed by atoms with Crippen LogP contribution in [0.25, 0.3) is 11.1 Å². The molecule has 0 aliphatic carbocycles. The fourth-order valence-electron chi connectivity index (χ4n) is 8.83. The Balaban J connectivity index is 0.000000325. The van der Waals surface area contributed by atoms with Gasteiger partial charge < -0.3 is 56.8 Å². The predicted octanol–water partition coefficient (Wildman–Crippen LogP) is 15.7. The molecule has 6 rings (SSSR count). The summed E-state index contributed by atoms with van der Waals surface area (Å²) in [5.41, 5.74) is 7.73. The highest BCUT2D eigenvalue weighted by Gasteiger charge is 2.26. The molecule has 16 heteroatoms. The first-order valence-corrected chi connectivity index (χ1v) is 32.2. The maximum absolute atomic E-state index is 12.0. The van der Waals surface area contributed by atoms with Gasteiger partial charge in [0, 0.05) is 33.1 Å².